The van der Waals surface area contributed by atoms with Crippen molar-refractivity contribution in [1.82, 2.24) is 14.3 Å². The van der Waals surface area contributed by atoms with E-state index < -0.39 is 0 Å². The number of aliphatic hydroxyl groups excluding tert-OH is 1. The number of rotatable bonds is 7. The number of ether oxygens (including phenoxy) is 2. The average molecular weight is 497 g/mol. The van der Waals surface area contributed by atoms with Crippen LogP contribution in [0.1, 0.15) is 17.5 Å². The van der Waals surface area contributed by atoms with Gasteiger partial charge in [0.2, 0.25) is 6.79 Å². The first-order valence-electron chi connectivity index (χ1n) is 10.5. The molecule has 2 aliphatic heterocycles. The molecule has 2 N–H and O–H groups in total. The van der Waals surface area contributed by atoms with Crippen LogP contribution in [0, 0.1) is 0 Å². The minimum Gasteiger partial charge on any atom is -0.454 e. The predicted molar refractivity (Wildman–Crippen MR) is 133 cm³/mol. The number of amides is 1. The number of hydrogen-bond donors (Lipinski definition) is 2. The fourth-order valence-corrected chi connectivity index (χ4v) is 4.88. The van der Waals surface area contributed by atoms with Gasteiger partial charge in [-0.05, 0) is 42.3 Å². The summed E-state index contributed by atoms with van der Waals surface area (Å²) in [6.07, 6.45) is 3.66. The van der Waals surface area contributed by atoms with Crippen LogP contribution in [0.5, 0.6) is 11.5 Å². The third-order valence-corrected chi connectivity index (χ3v) is 6.70. The number of aromatic nitrogens is 2. The lowest BCUT2D eigenvalue weighted by molar-refractivity contribution is -0.122. The van der Waals surface area contributed by atoms with Crippen LogP contribution in [0.25, 0.3) is 11.7 Å². The number of nitrogens with one attached hydrogen (secondary N) is 1. The van der Waals surface area contributed by atoms with Crippen molar-refractivity contribution in [2.45, 2.75) is 13.0 Å². The molecule has 1 saturated heterocycles. The lowest BCUT2D eigenvalue weighted by atomic mass is 10.2. The van der Waals surface area contributed by atoms with E-state index in [0.717, 1.165) is 17.3 Å². The molecule has 0 saturated carbocycles. The number of benzene rings is 1. The maximum absolute atomic E-state index is 13.2. The zero-order valence-corrected chi connectivity index (χ0v) is 19.5. The van der Waals surface area contributed by atoms with Gasteiger partial charge >= 0.3 is 0 Å². The van der Waals surface area contributed by atoms with Gasteiger partial charge in [-0.3, -0.25) is 18.9 Å². The highest BCUT2D eigenvalue weighted by Gasteiger charge is 2.33. The molecule has 5 rings (SSSR count). The van der Waals surface area contributed by atoms with Crippen LogP contribution in [0.15, 0.2) is 52.3 Å². The summed E-state index contributed by atoms with van der Waals surface area (Å²) in [6, 6.07) is 10.8. The van der Waals surface area contributed by atoms with Gasteiger partial charge in [0.05, 0.1) is 17.0 Å². The van der Waals surface area contributed by atoms with Gasteiger partial charge in [0, 0.05) is 19.3 Å². The van der Waals surface area contributed by atoms with E-state index in [-0.39, 0.29) is 37.0 Å². The maximum Gasteiger partial charge on any atom is 0.267 e. The second kappa shape index (κ2) is 9.45. The number of anilines is 1. The van der Waals surface area contributed by atoms with Crippen molar-refractivity contribution in [1.29, 1.82) is 0 Å². The molecule has 1 aromatic carbocycles. The minimum atomic E-state index is -0.307. The Labute approximate surface area is 204 Å². The highest BCUT2D eigenvalue weighted by atomic mass is 32.2. The third-order valence-electron chi connectivity index (χ3n) is 5.32. The quantitative estimate of drug-likeness (QED) is 0.290. The van der Waals surface area contributed by atoms with Crippen molar-refractivity contribution in [3.8, 4) is 11.5 Å². The summed E-state index contributed by atoms with van der Waals surface area (Å²) in [5.74, 6) is 1.36. The molecule has 11 heteroatoms. The summed E-state index contributed by atoms with van der Waals surface area (Å²) in [4.78, 5) is 32.8. The molecule has 1 amide bonds. The van der Waals surface area contributed by atoms with Gasteiger partial charge in [-0.1, -0.05) is 36.1 Å². The van der Waals surface area contributed by atoms with E-state index >= 15 is 0 Å². The number of fused-ring (bicyclic) bond motifs is 2. The number of pyridine rings is 1. The van der Waals surface area contributed by atoms with Gasteiger partial charge in [-0.25, -0.2) is 4.98 Å². The molecule has 0 bridgehead atoms. The smallest absolute Gasteiger partial charge is 0.267 e. The summed E-state index contributed by atoms with van der Waals surface area (Å²) in [5.41, 5.74) is 1.27. The van der Waals surface area contributed by atoms with Crippen molar-refractivity contribution in [2.75, 3.05) is 25.3 Å². The molecule has 2 aromatic heterocycles. The van der Waals surface area contributed by atoms with E-state index in [1.54, 1.807) is 30.5 Å². The fraction of sp³-hybridized carbons (Fsp3) is 0.217. The molecule has 0 unspecified atom stereocenters. The number of nitrogens with zero attached hydrogens (tertiary/aromatic N) is 3. The van der Waals surface area contributed by atoms with Crippen LogP contribution in [0.4, 0.5) is 5.82 Å². The Balaban J connectivity index is 1.47. The molecule has 9 nitrogen and oxygen atoms in total. The maximum atomic E-state index is 13.2. The Morgan fingerprint density at radius 1 is 1.21 bits per heavy atom. The molecule has 0 spiro atoms. The van der Waals surface area contributed by atoms with E-state index in [2.05, 4.69) is 10.3 Å². The van der Waals surface area contributed by atoms with E-state index in [0.29, 0.717) is 45.2 Å². The highest BCUT2D eigenvalue weighted by Crippen LogP contribution is 2.36. The van der Waals surface area contributed by atoms with E-state index in [4.69, 9.17) is 26.8 Å². The van der Waals surface area contributed by atoms with E-state index in [1.165, 1.54) is 15.4 Å². The van der Waals surface area contributed by atoms with Gasteiger partial charge in [0.25, 0.3) is 11.5 Å². The molecule has 0 aliphatic carbocycles. The number of carbonyl (C=O) groups is 1. The van der Waals surface area contributed by atoms with Crippen LogP contribution in [0.3, 0.4) is 0 Å². The molecule has 2 aliphatic rings. The van der Waals surface area contributed by atoms with Crippen molar-refractivity contribution >= 4 is 51.7 Å². The van der Waals surface area contributed by atoms with Gasteiger partial charge in [-0.15, -0.1) is 0 Å². The van der Waals surface area contributed by atoms with Gasteiger partial charge < -0.3 is 19.9 Å². The summed E-state index contributed by atoms with van der Waals surface area (Å²) >= 11 is 6.61. The van der Waals surface area contributed by atoms with Gasteiger partial charge in [0.15, 0.2) is 11.5 Å². The Morgan fingerprint density at radius 3 is 2.91 bits per heavy atom. The lowest BCUT2D eigenvalue weighted by Gasteiger charge is -2.14. The van der Waals surface area contributed by atoms with Crippen LogP contribution in [0.2, 0.25) is 0 Å². The molecular weight excluding hydrogens is 476 g/mol. The molecule has 3 aromatic rings. The molecule has 174 valence electrons. The lowest BCUT2D eigenvalue weighted by Crippen LogP contribution is -2.27. The largest absolute Gasteiger partial charge is 0.454 e. The standard InChI is InChI=1S/C23H20N4O5S2/c28-9-3-7-24-20-15(21(29)26-8-2-1-4-19(26)25-20)11-18-22(30)27(23(33)34-18)12-14-5-6-16-17(10-14)32-13-31-16/h1-2,4-6,8,10-11,24,28H,3,7,9,12-13H2. The Bertz CT molecular complexity index is 1390. The van der Waals surface area contributed by atoms with Gasteiger partial charge in [0.1, 0.15) is 15.8 Å². The van der Waals surface area contributed by atoms with Crippen molar-refractivity contribution in [3.05, 3.63) is 69.0 Å². The van der Waals surface area contributed by atoms with Gasteiger partial charge in [-0.2, -0.15) is 0 Å². The zero-order chi connectivity index (χ0) is 23.7. The summed E-state index contributed by atoms with van der Waals surface area (Å²) < 4.78 is 12.6. The first-order valence-corrected chi connectivity index (χ1v) is 11.8. The molecular formula is C23H20N4O5S2. The Hall–Kier alpha value is -3.41. The topological polar surface area (TPSA) is 105 Å². The Kier molecular flexibility index (Phi) is 6.22. The Morgan fingerprint density at radius 2 is 2.06 bits per heavy atom. The SMILES string of the molecule is O=C1C(=Cc2c(NCCCO)nc3ccccn3c2=O)SC(=S)N1Cc1ccc2c(c1)OCO2. The minimum absolute atomic E-state index is 0.00735. The number of thioether (sulfide) groups is 1. The number of carbonyl (C=O) groups excluding carboxylic acids is 1. The number of thiocarbonyl (C=S) groups is 1. The normalized spacial score (nSPS) is 16.1. The van der Waals surface area contributed by atoms with Crippen LogP contribution in [-0.2, 0) is 11.3 Å². The van der Waals surface area contributed by atoms with Crippen molar-refractivity contribution in [2.24, 2.45) is 0 Å². The second-order valence-corrected chi connectivity index (χ2v) is 9.24. The average Bonchev–Trinajstić information content (AvgIpc) is 3.41. The number of aliphatic hydroxyl groups is 1. The van der Waals surface area contributed by atoms with Crippen molar-refractivity contribution in [3.63, 3.8) is 0 Å². The highest BCUT2D eigenvalue weighted by molar-refractivity contribution is 8.26. The fourth-order valence-electron chi connectivity index (χ4n) is 3.64. The van der Waals surface area contributed by atoms with E-state index in [1.807, 2.05) is 12.1 Å². The molecule has 4 heterocycles. The number of hydrogen-bond acceptors (Lipinski definition) is 9. The molecule has 0 radical (unpaired) electrons. The first kappa shape index (κ1) is 22.4. The second-order valence-electron chi connectivity index (χ2n) is 7.57. The van der Waals surface area contributed by atoms with Crippen LogP contribution >= 0.6 is 24.0 Å². The molecule has 0 atom stereocenters. The predicted octanol–water partition coefficient (Wildman–Crippen LogP) is 2.62. The van der Waals surface area contributed by atoms with E-state index in [9.17, 15) is 9.59 Å². The zero-order valence-electron chi connectivity index (χ0n) is 17.9. The molecule has 1 fully saturated rings. The third kappa shape index (κ3) is 4.25. The molecule has 34 heavy (non-hydrogen) atoms. The summed E-state index contributed by atoms with van der Waals surface area (Å²) in [7, 11) is 0. The van der Waals surface area contributed by atoms with Crippen molar-refractivity contribution < 1.29 is 19.4 Å². The monoisotopic (exact) mass is 496 g/mol. The van der Waals surface area contributed by atoms with Crippen LogP contribution in [-0.4, -0.2) is 49.6 Å². The summed E-state index contributed by atoms with van der Waals surface area (Å²) in [5, 5.41) is 12.2. The summed E-state index contributed by atoms with van der Waals surface area (Å²) in [6.45, 7) is 0.882. The first-order chi connectivity index (χ1) is 16.5. The van der Waals surface area contributed by atoms with Crippen LogP contribution < -0.4 is 20.3 Å².